The number of fused-ring (bicyclic) bond motifs is 2. The van der Waals surface area contributed by atoms with Crippen LogP contribution >= 0.6 is 38.9 Å². The van der Waals surface area contributed by atoms with Gasteiger partial charge >= 0.3 is 5.97 Å². The lowest BCUT2D eigenvalue weighted by Gasteiger charge is -2.26. The molecular weight excluding hydrogens is 700 g/mol. The Morgan fingerprint density at radius 2 is 1.81 bits per heavy atom. The minimum absolute atomic E-state index is 0.120. The van der Waals surface area contributed by atoms with E-state index in [0.29, 0.717) is 59.3 Å². The highest BCUT2D eigenvalue weighted by Gasteiger charge is 2.35. The third kappa shape index (κ3) is 6.79. The Labute approximate surface area is 289 Å². The summed E-state index contributed by atoms with van der Waals surface area (Å²) in [6.07, 6.45) is 1.65. The third-order valence-corrected chi connectivity index (χ3v) is 9.46. The van der Waals surface area contributed by atoms with Crippen molar-refractivity contribution in [1.29, 1.82) is 0 Å². The van der Waals surface area contributed by atoms with E-state index in [2.05, 4.69) is 45.2 Å². The van der Waals surface area contributed by atoms with Crippen molar-refractivity contribution in [2.45, 2.75) is 46.4 Å². The number of esters is 1. The van der Waals surface area contributed by atoms with E-state index in [4.69, 9.17) is 25.8 Å². The first-order valence-corrected chi connectivity index (χ1v) is 17.2. The van der Waals surface area contributed by atoms with Gasteiger partial charge in [-0.25, -0.2) is 9.79 Å². The fourth-order valence-electron chi connectivity index (χ4n) is 5.59. The van der Waals surface area contributed by atoms with Gasteiger partial charge in [-0.15, -0.1) is 0 Å². The van der Waals surface area contributed by atoms with Crippen molar-refractivity contribution in [2.24, 2.45) is 4.99 Å². The van der Waals surface area contributed by atoms with Crippen LogP contribution in [-0.4, -0.2) is 23.2 Å². The number of hydrogen-bond donors (Lipinski definition) is 0. The van der Waals surface area contributed by atoms with Crippen LogP contribution in [-0.2, 0) is 16.1 Å². The Morgan fingerprint density at radius 1 is 1.06 bits per heavy atom. The number of carbonyl (C=O) groups excluding carboxylic acids is 1. The number of carbonyl (C=O) groups is 1. The molecule has 0 saturated carbocycles. The van der Waals surface area contributed by atoms with Gasteiger partial charge in [0, 0.05) is 5.56 Å². The van der Waals surface area contributed by atoms with Gasteiger partial charge in [0.25, 0.3) is 5.56 Å². The highest BCUT2D eigenvalue weighted by Crippen LogP contribution is 2.37. The second kappa shape index (κ2) is 13.9. The molecule has 47 heavy (non-hydrogen) atoms. The molecule has 0 N–H and O–H groups in total. The summed E-state index contributed by atoms with van der Waals surface area (Å²) in [4.78, 5) is 32.6. The molecule has 1 aliphatic heterocycles. The first-order chi connectivity index (χ1) is 22.6. The zero-order chi connectivity index (χ0) is 33.2. The molecule has 0 spiro atoms. The number of allylic oxidation sites excluding steroid dienone is 1. The number of rotatable bonds is 9. The maximum Gasteiger partial charge on any atom is 0.338 e. The first-order valence-electron chi connectivity index (χ1n) is 15.2. The monoisotopic (exact) mass is 730 g/mol. The summed E-state index contributed by atoms with van der Waals surface area (Å²) in [5.41, 5.74) is 2.88. The molecule has 0 aliphatic carbocycles. The third-order valence-electron chi connectivity index (χ3n) is 7.61. The van der Waals surface area contributed by atoms with Crippen LogP contribution in [0.3, 0.4) is 0 Å². The minimum Gasteiger partial charge on any atom is -0.491 e. The van der Waals surface area contributed by atoms with Crippen LogP contribution in [0.15, 0.2) is 104 Å². The lowest BCUT2D eigenvalue weighted by Crippen LogP contribution is -2.40. The van der Waals surface area contributed by atoms with E-state index in [1.807, 2.05) is 62.4 Å². The van der Waals surface area contributed by atoms with E-state index >= 15 is 0 Å². The van der Waals surface area contributed by atoms with Gasteiger partial charge < -0.3 is 14.2 Å². The van der Waals surface area contributed by atoms with Crippen LogP contribution in [0.4, 0.5) is 0 Å². The molecule has 1 aromatic heterocycles. The van der Waals surface area contributed by atoms with Crippen molar-refractivity contribution in [1.82, 2.24) is 4.57 Å². The van der Waals surface area contributed by atoms with Crippen molar-refractivity contribution < 1.29 is 19.0 Å². The van der Waals surface area contributed by atoms with Gasteiger partial charge in [-0.2, -0.15) is 0 Å². The van der Waals surface area contributed by atoms with Crippen LogP contribution in [0, 0.1) is 0 Å². The van der Waals surface area contributed by atoms with Crippen molar-refractivity contribution in [2.75, 3.05) is 6.61 Å². The highest BCUT2D eigenvalue weighted by atomic mass is 79.9. The van der Waals surface area contributed by atoms with Crippen molar-refractivity contribution in [3.63, 3.8) is 0 Å². The number of thiazole rings is 1. The van der Waals surface area contributed by atoms with Gasteiger partial charge in [0.1, 0.15) is 18.4 Å². The second-order valence-corrected chi connectivity index (χ2v) is 13.6. The van der Waals surface area contributed by atoms with Crippen LogP contribution in [0.5, 0.6) is 11.5 Å². The summed E-state index contributed by atoms with van der Waals surface area (Å²) in [5.74, 6) is 0.561. The topological polar surface area (TPSA) is 79.1 Å². The first kappa shape index (κ1) is 32.7. The van der Waals surface area contributed by atoms with Gasteiger partial charge in [0.2, 0.25) is 0 Å². The lowest BCUT2D eigenvalue weighted by molar-refractivity contribution is -0.139. The SMILES string of the molecule is CCOC(=O)C1=C(C)N=c2s/c(=C/c3cc(Cl)c(OCc4ccc5ccccc5c4)c(Br)c3)c(=O)n2[C@H]1c1ccccc1OC(C)C. The molecule has 0 bridgehead atoms. The number of aromatic nitrogens is 1. The van der Waals surface area contributed by atoms with Gasteiger partial charge in [-0.3, -0.25) is 9.36 Å². The molecule has 2 heterocycles. The lowest BCUT2D eigenvalue weighted by atomic mass is 9.95. The molecule has 0 fully saturated rings. The van der Waals surface area contributed by atoms with Gasteiger partial charge in [-0.05, 0) is 95.9 Å². The van der Waals surface area contributed by atoms with Crippen LogP contribution in [0.25, 0.3) is 16.8 Å². The Kier molecular flexibility index (Phi) is 9.68. The molecule has 1 atom stereocenters. The maximum atomic E-state index is 14.2. The largest absolute Gasteiger partial charge is 0.491 e. The number of ether oxygens (including phenoxy) is 3. The Hall–Kier alpha value is -4.18. The Bertz CT molecular complexity index is 2200. The molecule has 7 nitrogen and oxygen atoms in total. The van der Waals surface area contributed by atoms with E-state index in [0.717, 1.165) is 16.3 Å². The average molecular weight is 732 g/mol. The summed E-state index contributed by atoms with van der Waals surface area (Å²) in [7, 11) is 0. The van der Waals surface area contributed by atoms with E-state index < -0.39 is 12.0 Å². The highest BCUT2D eigenvalue weighted by molar-refractivity contribution is 9.10. The van der Waals surface area contributed by atoms with E-state index in [9.17, 15) is 9.59 Å². The standard InChI is InChI=1S/C37H32BrClN2O5S/c1-5-44-36(43)32-22(4)40-37-41(33(32)27-12-8-9-13-30(27)46-21(2)3)35(42)31(47-37)19-24-17-28(38)34(29(39)18-24)45-20-23-14-15-25-10-6-7-11-26(25)16-23/h6-19,21,33H,5,20H2,1-4H3/b31-19+/t33-/m0/s1. The summed E-state index contributed by atoms with van der Waals surface area (Å²) in [5, 5.41) is 2.70. The molecule has 5 aromatic rings. The van der Waals surface area contributed by atoms with Gasteiger partial charge in [0.15, 0.2) is 10.6 Å². The summed E-state index contributed by atoms with van der Waals surface area (Å²) >= 11 is 11.6. The number of benzene rings is 4. The summed E-state index contributed by atoms with van der Waals surface area (Å²) in [6.45, 7) is 7.89. The van der Waals surface area contributed by atoms with E-state index in [-0.39, 0.29) is 18.3 Å². The van der Waals surface area contributed by atoms with Gasteiger partial charge in [-0.1, -0.05) is 77.5 Å². The number of halogens is 2. The molecule has 6 rings (SSSR count). The molecule has 0 saturated heterocycles. The maximum absolute atomic E-state index is 14.2. The van der Waals surface area contributed by atoms with Crippen molar-refractivity contribution in [3.8, 4) is 11.5 Å². The zero-order valence-electron chi connectivity index (χ0n) is 26.3. The Balaban J connectivity index is 1.38. The fraction of sp³-hybridized carbons (Fsp3) is 0.216. The predicted molar refractivity (Wildman–Crippen MR) is 190 cm³/mol. The van der Waals surface area contributed by atoms with Crippen LogP contribution < -0.4 is 24.4 Å². The van der Waals surface area contributed by atoms with Gasteiger partial charge in [0.05, 0.1) is 38.0 Å². The molecule has 240 valence electrons. The molecule has 0 unspecified atom stereocenters. The number of hydrogen-bond acceptors (Lipinski definition) is 7. The molecule has 0 amide bonds. The molecular formula is C37H32BrClN2O5S. The normalized spacial score (nSPS) is 14.7. The molecule has 0 radical (unpaired) electrons. The predicted octanol–water partition coefficient (Wildman–Crippen LogP) is 7.73. The fourth-order valence-corrected chi connectivity index (χ4v) is 7.63. The van der Waals surface area contributed by atoms with Crippen LogP contribution in [0.2, 0.25) is 5.02 Å². The molecule has 4 aromatic carbocycles. The number of nitrogens with zero attached hydrogens (tertiary/aromatic N) is 2. The van der Waals surface area contributed by atoms with E-state index in [1.54, 1.807) is 30.6 Å². The zero-order valence-corrected chi connectivity index (χ0v) is 29.4. The average Bonchev–Trinajstić information content (AvgIpc) is 3.33. The van der Waals surface area contributed by atoms with Crippen molar-refractivity contribution >= 4 is 61.7 Å². The Morgan fingerprint density at radius 3 is 2.55 bits per heavy atom. The van der Waals surface area contributed by atoms with Crippen molar-refractivity contribution in [3.05, 3.63) is 136 Å². The second-order valence-electron chi connectivity index (χ2n) is 11.3. The molecule has 10 heteroatoms. The van der Waals surface area contributed by atoms with E-state index in [1.165, 1.54) is 11.3 Å². The number of para-hydroxylation sites is 1. The minimum atomic E-state index is -0.788. The quantitative estimate of drug-likeness (QED) is 0.145. The summed E-state index contributed by atoms with van der Waals surface area (Å²) < 4.78 is 20.3. The summed E-state index contributed by atoms with van der Waals surface area (Å²) in [6, 6.07) is 24.6. The van der Waals surface area contributed by atoms with Crippen LogP contribution in [0.1, 0.15) is 50.4 Å². The molecule has 1 aliphatic rings. The smallest absolute Gasteiger partial charge is 0.338 e.